The Morgan fingerprint density at radius 3 is 2.80 bits per heavy atom. The molecule has 1 aliphatic heterocycles. The summed E-state index contributed by atoms with van der Waals surface area (Å²) in [5.74, 6) is 0. The van der Waals surface area contributed by atoms with Gasteiger partial charge in [0.25, 0.3) is 0 Å². The van der Waals surface area contributed by atoms with E-state index in [1.807, 2.05) is 0 Å². The molecule has 2 aromatic rings. The fourth-order valence-electron chi connectivity index (χ4n) is 2.28. The minimum absolute atomic E-state index is 0.145. The molecule has 0 saturated carbocycles. The number of aromatic nitrogens is 3. The highest BCUT2D eigenvalue weighted by atomic mass is 35.5. The van der Waals surface area contributed by atoms with Crippen LogP contribution in [0.15, 0.2) is 12.5 Å². The van der Waals surface area contributed by atoms with Crippen LogP contribution in [0.2, 0.25) is 10.2 Å². The first kappa shape index (κ1) is 14.0. The van der Waals surface area contributed by atoms with E-state index in [-0.39, 0.29) is 10.2 Å². The van der Waals surface area contributed by atoms with Crippen molar-refractivity contribution < 1.29 is 19.3 Å². The molecule has 0 spiro atoms. The van der Waals surface area contributed by atoms with E-state index in [2.05, 4.69) is 9.97 Å². The quantitative estimate of drug-likeness (QED) is 0.816. The lowest BCUT2D eigenvalue weighted by Crippen LogP contribution is -2.30. The average molecular weight is 322 g/mol. The molecule has 0 unspecified atom stereocenters. The summed E-state index contributed by atoms with van der Waals surface area (Å²) in [5.41, 5.74) is 0.299. The molecule has 2 aromatic heterocycles. The predicted molar refractivity (Wildman–Crippen MR) is 69.4 cm³/mol. The maximum Gasteiger partial charge on any atom is 0.173 e. The van der Waals surface area contributed by atoms with Gasteiger partial charge < -0.3 is 19.5 Å². The number of alkyl halides is 1. The van der Waals surface area contributed by atoms with Crippen molar-refractivity contribution in [3.8, 4) is 0 Å². The van der Waals surface area contributed by atoms with E-state index in [0.29, 0.717) is 11.0 Å². The fourth-order valence-corrected chi connectivity index (χ4v) is 2.83. The third-order valence-electron chi connectivity index (χ3n) is 3.26. The van der Waals surface area contributed by atoms with Crippen LogP contribution in [-0.4, -0.2) is 49.7 Å². The molecule has 9 heteroatoms. The number of hydrogen-bond acceptors (Lipinski definition) is 5. The van der Waals surface area contributed by atoms with Crippen LogP contribution in [0.5, 0.6) is 0 Å². The molecule has 1 fully saturated rings. The van der Waals surface area contributed by atoms with Crippen LogP contribution >= 0.6 is 23.2 Å². The summed E-state index contributed by atoms with van der Waals surface area (Å²) in [6.45, 7) is -0.485. The Morgan fingerprint density at radius 2 is 2.15 bits per heavy atom. The number of fused-ring (bicyclic) bond motifs is 1. The third-order valence-corrected chi connectivity index (χ3v) is 3.84. The van der Waals surface area contributed by atoms with Gasteiger partial charge in [0.1, 0.15) is 29.3 Å². The monoisotopic (exact) mass is 321 g/mol. The van der Waals surface area contributed by atoms with Gasteiger partial charge >= 0.3 is 0 Å². The average Bonchev–Trinajstić information content (AvgIpc) is 2.90. The summed E-state index contributed by atoms with van der Waals surface area (Å²) < 4.78 is 20.8. The lowest BCUT2D eigenvalue weighted by Gasteiger charge is -2.15. The van der Waals surface area contributed by atoms with E-state index in [0.717, 1.165) is 0 Å². The second kappa shape index (κ2) is 5.09. The van der Waals surface area contributed by atoms with Crippen molar-refractivity contribution in [3.05, 3.63) is 22.7 Å². The molecule has 6 nitrogen and oxygen atoms in total. The topological polar surface area (TPSA) is 80.4 Å². The Hall–Kier alpha value is -0.990. The molecule has 4 atom stereocenters. The summed E-state index contributed by atoms with van der Waals surface area (Å²) in [5, 5.41) is 19.5. The van der Waals surface area contributed by atoms with E-state index in [9.17, 15) is 9.50 Å². The van der Waals surface area contributed by atoms with Gasteiger partial charge in [-0.3, -0.25) is 0 Å². The number of nitrogens with zero attached hydrogens (tertiary/aromatic N) is 3. The zero-order valence-electron chi connectivity index (χ0n) is 9.95. The van der Waals surface area contributed by atoms with Crippen LogP contribution in [0.3, 0.4) is 0 Å². The van der Waals surface area contributed by atoms with Gasteiger partial charge in [-0.05, 0) is 0 Å². The molecule has 1 aliphatic rings. The number of hydrogen-bond donors (Lipinski definition) is 2. The molecular formula is C11H10Cl2FN3O3. The smallest absolute Gasteiger partial charge is 0.173 e. The van der Waals surface area contributed by atoms with Gasteiger partial charge in [0.15, 0.2) is 12.4 Å². The molecule has 0 aromatic carbocycles. The Morgan fingerprint density at radius 1 is 1.40 bits per heavy atom. The molecule has 3 rings (SSSR count). The zero-order chi connectivity index (χ0) is 14.4. The third kappa shape index (κ3) is 1.97. The second-order valence-electron chi connectivity index (χ2n) is 4.43. The molecule has 1 saturated heterocycles. The highest BCUT2D eigenvalue weighted by Gasteiger charge is 2.45. The summed E-state index contributed by atoms with van der Waals surface area (Å²) in [4.78, 5) is 7.82. The lowest BCUT2D eigenvalue weighted by molar-refractivity contribution is -0.0457. The van der Waals surface area contributed by atoms with Crippen LogP contribution in [0, 0.1) is 0 Å². The van der Waals surface area contributed by atoms with E-state index < -0.39 is 31.2 Å². The van der Waals surface area contributed by atoms with Gasteiger partial charge in [-0.1, -0.05) is 23.2 Å². The van der Waals surface area contributed by atoms with Gasteiger partial charge in [0.2, 0.25) is 0 Å². The van der Waals surface area contributed by atoms with Crippen LogP contribution < -0.4 is 0 Å². The standard InChI is InChI=1S/C11H10Cl2FN3O3/c12-4-1-17(10-6(4)9(13)15-3-16-10)11-7(14)8(19)5(2-18)20-11/h1,3,5,7-8,11,18-19H,2H2/t5-,7+,8-,11-/m1/s1. The predicted octanol–water partition coefficient (Wildman–Crippen LogP) is 1.33. The molecule has 0 radical (unpaired) electrons. The number of rotatable bonds is 2. The SMILES string of the molecule is OC[C@H]1O[C@@H](n2cc(Cl)c3c(Cl)ncnc32)[C@@H](F)[C@@H]1O. The van der Waals surface area contributed by atoms with Crippen molar-refractivity contribution in [1.82, 2.24) is 14.5 Å². The fraction of sp³-hybridized carbons (Fsp3) is 0.455. The largest absolute Gasteiger partial charge is 0.394 e. The normalized spacial score (nSPS) is 30.2. The van der Waals surface area contributed by atoms with Crippen molar-refractivity contribution in [3.63, 3.8) is 0 Å². The molecule has 0 bridgehead atoms. The summed E-state index contributed by atoms with van der Waals surface area (Å²) >= 11 is 12.0. The zero-order valence-corrected chi connectivity index (χ0v) is 11.5. The first-order valence-electron chi connectivity index (χ1n) is 5.79. The molecular weight excluding hydrogens is 312 g/mol. The summed E-state index contributed by atoms with van der Waals surface area (Å²) in [7, 11) is 0. The summed E-state index contributed by atoms with van der Waals surface area (Å²) in [6, 6.07) is 0. The van der Waals surface area contributed by atoms with Crippen LogP contribution in [0.1, 0.15) is 6.23 Å². The molecule has 3 heterocycles. The van der Waals surface area contributed by atoms with E-state index in [4.69, 9.17) is 33.0 Å². The maximum atomic E-state index is 14.1. The Bertz CT molecular complexity index is 653. The van der Waals surface area contributed by atoms with Crippen molar-refractivity contribution >= 4 is 34.2 Å². The van der Waals surface area contributed by atoms with Crippen LogP contribution in [0.25, 0.3) is 11.0 Å². The number of aliphatic hydroxyl groups excluding tert-OH is 2. The maximum absolute atomic E-state index is 14.1. The Balaban J connectivity index is 2.10. The van der Waals surface area contributed by atoms with Gasteiger partial charge in [-0.25, -0.2) is 14.4 Å². The lowest BCUT2D eigenvalue weighted by atomic mass is 10.1. The van der Waals surface area contributed by atoms with E-state index in [1.165, 1.54) is 17.1 Å². The molecule has 0 aliphatic carbocycles. The molecule has 20 heavy (non-hydrogen) atoms. The Labute approximate surface area is 122 Å². The highest BCUT2D eigenvalue weighted by molar-refractivity contribution is 6.41. The van der Waals surface area contributed by atoms with Crippen molar-refractivity contribution in [2.24, 2.45) is 0 Å². The minimum Gasteiger partial charge on any atom is -0.394 e. The van der Waals surface area contributed by atoms with Gasteiger partial charge in [-0.2, -0.15) is 0 Å². The number of halogens is 3. The van der Waals surface area contributed by atoms with Gasteiger partial charge in [0.05, 0.1) is 17.0 Å². The van der Waals surface area contributed by atoms with Crippen molar-refractivity contribution in [2.45, 2.75) is 24.6 Å². The highest BCUT2D eigenvalue weighted by Crippen LogP contribution is 2.37. The van der Waals surface area contributed by atoms with Crippen molar-refractivity contribution in [1.29, 1.82) is 0 Å². The van der Waals surface area contributed by atoms with Gasteiger partial charge in [0, 0.05) is 6.20 Å². The number of ether oxygens (including phenoxy) is 1. The second-order valence-corrected chi connectivity index (χ2v) is 5.20. The van der Waals surface area contributed by atoms with Crippen molar-refractivity contribution in [2.75, 3.05) is 6.61 Å². The van der Waals surface area contributed by atoms with Crippen LogP contribution in [0.4, 0.5) is 4.39 Å². The first-order valence-corrected chi connectivity index (χ1v) is 6.55. The van der Waals surface area contributed by atoms with Gasteiger partial charge in [-0.15, -0.1) is 0 Å². The minimum atomic E-state index is -1.72. The Kier molecular flexibility index (Phi) is 3.55. The van der Waals surface area contributed by atoms with E-state index in [1.54, 1.807) is 0 Å². The molecule has 2 N–H and O–H groups in total. The number of aliphatic hydroxyl groups is 2. The molecule has 108 valence electrons. The molecule has 0 amide bonds. The first-order chi connectivity index (χ1) is 9.54. The van der Waals surface area contributed by atoms with E-state index >= 15 is 0 Å². The summed E-state index contributed by atoms with van der Waals surface area (Å²) in [6.07, 6.45) is -2.63. The van der Waals surface area contributed by atoms with Crippen LogP contribution in [-0.2, 0) is 4.74 Å².